The molecule has 1 saturated heterocycles. The van der Waals surface area contributed by atoms with Gasteiger partial charge in [0.1, 0.15) is 5.75 Å². The first-order valence-electron chi connectivity index (χ1n) is 8.56. The van der Waals surface area contributed by atoms with Crippen LogP contribution >= 0.6 is 0 Å². The van der Waals surface area contributed by atoms with Crippen LogP contribution in [0.15, 0.2) is 24.3 Å². The zero-order valence-corrected chi connectivity index (χ0v) is 15.6. The number of hydrogen-bond donors (Lipinski definition) is 1. The van der Waals surface area contributed by atoms with Gasteiger partial charge in [-0.1, -0.05) is 6.07 Å². The highest BCUT2D eigenvalue weighted by molar-refractivity contribution is 5.97. The van der Waals surface area contributed by atoms with Gasteiger partial charge >= 0.3 is 6.03 Å². The molecule has 3 amide bonds. The van der Waals surface area contributed by atoms with Crippen LogP contribution in [0.3, 0.4) is 0 Å². The molecule has 1 N–H and O–H groups in total. The van der Waals surface area contributed by atoms with E-state index < -0.39 is 0 Å². The molecule has 0 radical (unpaired) electrons. The van der Waals surface area contributed by atoms with Crippen LogP contribution in [0.2, 0.25) is 0 Å². The Labute approximate surface area is 154 Å². The highest BCUT2D eigenvalue weighted by Gasteiger charge is 2.32. The Balaban J connectivity index is 1.97. The maximum Gasteiger partial charge on any atom is 0.317 e. The maximum atomic E-state index is 12.5. The number of nitrogens with zero attached hydrogens (tertiary/aromatic N) is 2. The standard InChI is InChI=1S/C18H27N3O5/c1-24-9-7-20(8-10-25-2)18(23)19-14-11-17(22)21(13-14)15-5-4-6-16(12-15)26-3/h4-6,12,14H,7-11,13H2,1-3H3,(H,19,23). The van der Waals surface area contributed by atoms with Crippen LogP contribution in [-0.4, -0.2) is 77.1 Å². The zero-order valence-electron chi connectivity index (χ0n) is 15.6. The Kier molecular flexibility index (Phi) is 7.68. The molecule has 0 aliphatic carbocycles. The number of ether oxygens (including phenoxy) is 3. The van der Waals surface area contributed by atoms with E-state index in [0.29, 0.717) is 38.6 Å². The van der Waals surface area contributed by atoms with E-state index in [1.54, 1.807) is 31.1 Å². The van der Waals surface area contributed by atoms with Gasteiger partial charge in [0.25, 0.3) is 0 Å². The lowest BCUT2D eigenvalue weighted by atomic mass is 10.2. The summed E-state index contributed by atoms with van der Waals surface area (Å²) in [4.78, 5) is 28.2. The molecule has 26 heavy (non-hydrogen) atoms. The van der Waals surface area contributed by atoms with E-state index in [4.69, 9.17) is 14.2 Å². The Morgan fingerprint density at radius 3 is 2.54 bits per heavy atom. The van der Waals surface area contributed by atoms with Gasteiger partial charge in [0.2, 0.25) is 5.91 Å². The molecule has 8 nitrogen and oxygen atoms in total. The number of amides is 3. The van der Waals surface area contributed by atoms with Crippen molar-refractivity contribution in [3.8, 4) is 5.75 Å². The van der Waals surface area contributed by atoms with E-state index >= 15 is 0 Å². The third kappa shape index (κ3) is 5.34. The molecule has 1 heterocycles. The molecule has 2 rings (SSSR count). The second kappa shape index (κ2) is 9.98. The van der Waals surface area contributed by atoms with Crippen molar-refractivity contribution in [2.24, 2.45) is 0 Å². The predicted octanol–water partition coefficient (Wildman–Crippen LogP) is 1.10. The molecule has 1 fully saturated rings. The number of hydrogen-bond acceptors (Lipinski definition) is 5. The van der Waals surface area contributed by atoms with Gasteiger partial charge in [0, 0.05) is 52.0 Å². The lowest BCUT2D eigenvalue weighted by Gasteiger charge is -2.24. The molecule has 1 aliphatic rings. The van der Waals surface area contributed by atoms with Crippen LogP contribution in [0.25, 0.3) is 0 Å². The number of nitrogens with one attached hydrogen (secondary N) is 1. The number of benzene rings is 1. The first-order chi connectivity index (χ1) is 12.6. The summed E-state index contributed by atoms with van der Waals surface area (Å²) in [6.45, 7) is 2.24. The quantitative estimate of drug-likeness (QED) is 0.709. The molecule has 8 heteroatoms. The fourth-order valence-corrected chi connectivity index (χ4v) is 2.82. The Morgan fingerprint density at radius 2 is 1.92 bits per heavy atom. The fourth-order valence-electron chi connectivity index (χ4n) is 2.82. The summed E-state index contributed by atoms with van der Waals surface area (Å²) in [5.41, 5.74) is 0.765. The highest BCUT2D eigenvalue weighted by atomic mass is 16.5. The molecule has 1 aromatic rings. The summed E-state index contributed by atoms with van der Waals surface area (Å²) in [7, 11) is 4.77. The minimum atomic E-state index is -0.242. The van der Waals surface area contributed by atoms with Crippen molar-refractivity contribution < 1.29 is 23.8 Å². The van der Waals surface area contributed by atoms with E-state index in [-0.39, 0.29) is 24.4 Å². The largest absolute Gasteiger partial charge is 0.497 e. The van der Waals surface area contributed by atoms with Gasteiger partial charge in [-0.2, -0.15) is 0 Å². The smallest absolute Gasteiger partial charge is 0.317 e. The average molecular weight is 365 g/mol. The normalized spacial score (nSPS) is 16.7. The van der Waals surface area contributed by atoms with Crippen LogP contribution in [0.4, 0.5) is 10.5 Å². The molecule has 0 aromatic heterocycles. The minimum absolute atomic E-state index is 0.0242. The van der Waals surface area contributed by atoms with Crippen LogP contribution in [-0.2, 0) is 14.3 Å². The molecule has 1 unspecified atom stereocenters. The number of carbonyl (C=O) groups excluding carboxylic acids is 2. The van der Waals surface area contributed by atoms with Crippen LogP contribution in [0, 0.1) is 0 Å². The lowest BCUT2D eigenvalue weighted by molar-refractivity contribution is -0.117. The van der Waals surface area contributed by atoms with Gasteiger partial charge in [0.05, 0.1) is 26.4 Å². The van der Waals surface area contributed by atoms with E-state index in [1.807, 2.05) is 24.3 Å². The first kappa shape index (κ1) is 20.0. The first-order valence-corrected chi connectivity index (χ1v) is 8.56. The lowest BCUT2D eigenvalue weighted by Crippen LogP contribution is -2.47. The van der Waals surface area contributed by atoms with Gasteiger partial charge in [-0.25, -0.2) is 4.79 Å². The molecular formula is C18H27N3O5. The SMILES string of the molecule is COCCN(CCOC)C(=O)NC1CC(=O)N(c2cccc(OC)c2)C1. The van der Waals surface area contributed by atoms with E-state index in [2.05, 4.69) is 5.32 Å². The molecule has 1 atom stereocenters. The summed E-state index contributed by atoms with van der Waals surface area (Å²) in [6, 6.07) is 6.87. The summed E-state index contributed by atoms with van der Waals surface area (Å²) in [5.74, 6) is 0.664. The molecule has 0 bridgehead atoms. The van der Waals surface area contributed by atoms with Gasteiger partial charge in [0.15, 0.2) is 0 Å². The molecule has 144 valence electrons. The van der Waals surface area contributed by atoms with Gasteiger partial charge < -0.3 is 29.3 Å². The van der Waals surface area contributed by atoms with Crippen molar-refractivity contribution >= 4 is 17.6 Å². The van der Waals surface area contributed by atoms with Gasteiger partial charge in [-0.3, -0.25) is 4.79 Å². The third-order valence-corrected chi connectivity index (χ3v) is 4.24. The molecule has 1 aromatic carbocycles. The van der Waals surface area contributed by atoms with E-state index in [1.165, 1.54) is 0 Å². The monoisotopic (exact) mass is 365 g/mol. The van der Waals surface area contributed by atoms with Crippen LogP contribution in [0.1, 0.15) is 6.42 Å². The second-order valence-electron chi connectivity index (χ2n) is 6.03. The molecule has 0 spiro atoms. The van der Waals surface area contributed by atoms with Crippen molar-refractivity contribution in [3.63, 3.8) is 0 Å². The molecular weight excluding hydrogens is 338 g/mol. The van der Waals surface area contributed by atoms with E-state index in [0.717, 1.165) is 5.69 Å². The topological polar surface area (TPSA) is 80.3 Å². The number of anilines is 1. The Morgan fingerprint density at radius 1 is 1.23 bits per heavy atom. The Hall–Kier alpha value is -2.32. The van der Waals surface area contributed by atoms with Crippen molar-refractivity contribution in [2.45, 2.75) is 12.5 Å². The average Bonchev–Trinajstić information content (AvgIpc) is 3.01. The molecule has 0 saturated carbocycles. The second-order valence-corrected chi connectivity index (χ2v) is 6.03. The van der Waals surface area contributed by atoms with Crippen LogP contribution in [0.5, 0.6) is 5.75 Å². The van der Waals surface area contributed by atoms with Crippen LogP contribution < -0.4 is 15.0 Å². The van der Waals surface area contributed by atoms with Crippen molar-refractivity contribution in [3.05, 3.63) is 24.3 Å². The van der Waals surface area contributed by atoms with Crippen molar-refractivity contribution in [1.82, 2.24) is 10.2 Å². The molecule has 1 aliphatic heterocycles. The summed E-state index contributed by atoms with van der Waals surface area (Å²) >= 11 is 0. The van der Waals surface area contributed by atoms with Gasteiger partial charge in [-0.15, -0.1) is 0 Å². The number of urea groups is 1. The maximum absolute atomic E-state index is 12.5. The number of rotatable bonds is 9. The Bertz CT molecular complexity index is 602. The zero-order chi connectivity index (χ0) is 18.9. The van der Waals surface area contributed by atoms with Gasteiger partial charge in [-0.05, 0) is 12.1 Å². The van der Waals surface area contributed by atoms with Crippen molar-refractivity contribution in [2.75, 3.05) is 59.1 Å². The third-order valence-electron chi connectivity index (χ3n) is 4.24. The number of carbonyl (C=O) groups is 2. The fraction of sp³-hybridized carbons (Fsp3) is 0.556. The summed E-state index contributed by atoms with van der Waals surface area (Å²) < 4.78 is 15.3. The summed E-state index contributed by atoms with van der Waals surface area (Å²) in [6.07, 6.45) is 0.269. The van der Waals surface area contributed by atoms with E-state index in [9.17, 15) is 9.59 Å². The number of methoxy groups -OCH3 is 3. The highest BCUT2D eigenvalue weighted by Crippen LogP contribution is 2.25. The predicted molar refractivity (Wildman–Crippen MR) is 97.6 cm³/mol. The summed E-state index contributed by atoms with van der Waals surface area (Å²) in [5, 5.41) is 2.94. The minimum Gasteiger partial charge on any atom is -0.497 e. The van der Waals surface area contributed by atoms with Crippen molar-refractivity contribution in [1.29, 1.82) is 0 Å².